The Balaban J connectivity index is 1.39. The van der Waals surface area contributed by atoms with E-state index < -0.39 is 0 Å². The Bertz CT molecular complexity index is 981. The van der Waals surface area contributed by atoms with Gasteiger partial charge in [-0.2, -0.15) is 0 Å². The fraction of sp³-hybridized carbons (Fsp3) is 0.174. The second-order valence-corrected chi connectivity index (χ2v) is 8.05. The molecule has 1 unspecified atom stereocenters. The summed E-state index contributed by atoms with van der Waals surface area (Å²) >= 11 is 12.0. The Morgan fingerprint density at radius 1 is 0.929 bits per heavy atom. The van der Waals surface area contributed by atoms with E-state index >= 15 is 0 Å². The number of anilines is 1. The topological polar surface area (TPSA) is 33.5 Å². The van der Waals surface area contributed by atoms with Crippen LogP contribution in [0.5, 0.6) is 0 Å². The summed E-state index contributed by atoms with van der Waals surface area (Å²) in [5.74, 6) is -0.177. The van der Waals surface area contributed by atoms with Crippen molar-refractivity contribution in [2.24, 2.45) is 0 Å². The smallest absolute Gasteiger partial charge is 0.255 e. The third kappa shape index (κ3) is 4.56. The molecule has 0 spiro atoms. The standard InChI is InChI=1S/C23H20Cl2N2O/c24-20-11-21(25)13-22(12-20)26-23(28)18-7-5-16(6-8-18)14-27-10-9-17-3-1-2-4-19(17)15-27/h1-8,11-13H,9-10,14-15H2,(H,26,28)/p+1. The molecule has 0 saturated carbocycles. The number of hydrogen-bond donors (Lipinski definition) is 2. The van der Waals surface area contributed by atoms with Gasteiger partial charge < -0.3 is 10.2 Å². The number of benzene rings is 3. The number of quaternary nitrogens is 1. The summed E-state index contributed by atoms with van der Waals surface area (Å²) in [5.41, 5.74) is 5.35. The Labute approximate surface area is 174 Å². The summed E-state index contributed by atoms with van der Waals surface area (Å²) in [6, 6.07) is 21.5. The van der Waals surface area contributed by atoms with Gasteiger partial charge in [0.15, 0.2) is 0 Å². The number of rotatable bonds is 4. The average molecular weight is 412 g/mol. The number of nitrogens with one attached hydrogen (secondary N) is 2. The van der Waals surface area contributed by atoms with E-state index in [1.165, 1.54) is 16.7 Å². The van der Waals surface area contributed by atoms with E-state index in [9.17, 15) is 4.79 Å². The van der Waals surface area contributed by atoms with Gasteiger partial charge in [-0.1, -0.05) is 59.6 Å². The first kappa shape index (κ1) is 19.0. The lowest BCUT2D eigenvalue weighted by Gasteiger charge is -2.26. The SMILES string of the molecule is O=C(Nc1cc(Cl)cc(Cl)c1)c1ccc(C[NH+]2CCc3ccccc3C2)cc1. The summed E-state index contributed by atoms with van der Waals surface area (Å²) in [7, 11) is 0. The second kappa shape index (κ2) is 8.36. The van der Waals surface area contributed by atoms with Crippen LogP contribution in [0.2, 0.25) is 10.0 Å². The first-order chi connectivity index (χ1) is 13.6. The monoisotopic (exact) mass is 411 g/mol. The first-order valence-corrected chi connectivity index (χ1v) is 10.1. The van der Waals surface area contributed by atoms with E-state index in [0.717, 1.165) is 26.1 Å². The highest BCUT2D eigenvalue weighted by Gasteiger charge is 2.19. The zero-order valence-corrected chi connectivity index (χ0v) is 16.9. The van der Waals surface area contributed by atoms with Crippen molar-refractivity contribution < 1.29 is 9.69 Å². The second-order valence-electron chi connectivity index (χ2n) is 7.18. The molecule has 0 saturated heterocycles. The van der Waals surface area contributed by atoms with Crippen LogP contribution in [0.15, 0.2) is 66.7 Å². The Hall–Kier alpha value is -2.33. The normalized spacial score (nSPS) is 15.7. The summed E-state index contributed by atoms with van der Waals surface area (Å²) in [4.78, 5) is 14.0. The number of hydrogen-bond acceptors (Lipinski definition) is 1. The van der Waals surface area contributed by atoms with Crippen molar-refractivity contribution in [2.75, 3.05) is 11.9 Å². The number of halogens is 2. The highest BCUT2D eigenvalue weighted by Crippen LogP contribution is 2.23. The zero-order valence-electron chi connectivity index (χ0n) is 15.3. The molecule has 0 fully saturated rings. The number of carbonyl (C=O) groups excluding carboxylic acids is 1. The maximum absolute atomic E-state index is 12.5. The van der Waals surface area contributed by atoms with Crippen LogP contribution in [0.25, 0.3) is 0 Å². The van der Waals surface area contributed by atoms with E-state index in [0.29, 0.717) is 21.3 Å². The molecule has 1 aliphatic heterocycles. The minimum Gasteiger partial charge on any atom is -0.327 e. The number of fused-ring (bicyclic) bond motifs is 1. The fourth-order valence-corrected chi connectivity index (χ4v) is 4.21. The molecule has 1 heterocycles. The van der Waals surface area contributed by atoms with Gasteiger partial charge in [-0.3, -0.25) is 4.79 Å². The number of amides is 1. The van der Waals surface area contributed by atoms with Crippen LogP contribution in [0.4, 0.5) is 5.69 Å². The molecular formula is C23H21Cl2N2O+. The Kier molecular flexibility index (Phi) is 5.67. The van der Waals surface area contributed by atoms with Crippen molar-refractivity contribution in [1.82, 2.24) is 0 Å². The lowest BCUT2D eigenvalue weighted by molar-refractivity contribution is -0.929. The van der Waals surface area contributed by atoms with Gasteiger partial charge in [-0.15, -0.1) is 0 Å². The van der Waals surface area contributed by atoms with Crippen LogP contribution in [0.1, 0.15) is 27.0 Å². The molecule has 2 N–H and O–H groups in total. The molecule has 0 bridgehead atoms. The third-order valence-electron chi connectivity index (χ3n) is 5.10. The van der Waals surface area contributed by atoms with Crippen molar-refractivity contribution >= 4 is 34.8 Å². The van der Waals surface area contributed by atoms with Gasteiger partial charge >= 0.3 is 0 Å². The van der Waals surface area contributed by atoms with Gasteiger partial charge in [0.05, 0.1) is 6.54 Å². The van der Waals surface area contributed by atoms with E-state index in [-0.39, 0.29) is 5.91 Å². The van der Waals surface area contributed by atoms with Gasteiger partial charge in [-0.05, 0) is 35.9 Å². The summed E-state index contributed by atoms with van der Waals surface area (Å²) in [6.07, 6.45) is 1.12. The molecular weight excluding hydrogens is 391 g/mol. The summed E-state index contributed by atoms with van der Waals surface area (Å²) in [5, 5.41) is 3.82. The van der Waals surface area contributed by atoms with E-state index in [1.807, 2.05) is 24.3 Å². The molecule has 142 valence electrons. The molecule has 1 atom stereocenters. The predicted molar refractivity (Wildman–Crippen MR) is 114 cm³/mol. The molecule has 0 radical (unpaired) electrons. The molecule has 3 aromatic rings. The quantitative estimate of drug-likeness (QED) is 0.655. The maximum atomic E-state index is 12.5. The van der Waals surface area contributed by atoms with E-state index in [1.54, 1.807) is 23.1 Å². The van der Waals surface area contributed by atoms with E-state index in [2.05, 4.69) is 29.6 Å². The minimum absolute atomic E-state index is 0.177. The van der Waals surface area contributed by atoms with Gasteiger partial charge in [-0.25, -0.2) is 0 Å². The van der Waals surface area contributed by atoms with Gasteiger partial charge in [0.25, 0.3) is 5.91 Å². The predicted octanol–water partition coefficient (Wildman–Crippen LogP) is 4.39. The lowest BCUT2D eigenvalue weighted by atomic mass is 9.99. The van der Waals surface area contributed by atoms with Crippen LogP contribution in [-0.2, 0) is 19.5 Å². The molecule has 0 aliphatic carbocycles. The molecule has 28 heavy (non-hydrogen) atoms. The molecule has 4 rings (SSSR count). The first-order valence-electron chi connectivity index (χ1n) is 9.33. The highest BCUT2D eigenvalue weighted by molar-refractivity contribution is 6.35. The fourth-order valence-electron chi connectivity index (χ4n) is 3.69. The van der Waals surface area contributed by atoms with Crippen molar-refractivity contribution in [3.63, 3.8) is 0 Å². The van der Waals surface area contributed by atoms with Crippen molar-refractivity contribution in [3.8, 4) is 0 Å². The van der Waals surface area contributed by atoms with Crippen molar-refractivity contribution in [1.29, 1.82) is 0 Å². The maximum Gasteiger partial charge on any atom is 0.255 e. The van der Waals surface area contributed by atoms with Crippen LogP contribution < -0.4 is 10.2 Å². The highest BCUT2D eigenvalue weighted by atomic mass is 35.5. The average Bonchev–Trinajstić information content (AvgIpc) is 2.67. The summed E-state index contributed by atoms with van der Waals surface area (Å²) < 4.78 is 0. The lowest BCUT2D eigenvalue weighted by Crippen LogP contribution is -3.10. The van der Waals surface area contributed by atoms with Crippen LogP contribution in [0, 0.1) is 0 Å². The zero-order chi connectivity index (χ0) is 19.5. The third-order valence-corrected chi connectivity index (χ3v) is 5.53. The molecule has 0 aromatic heterocycles. The van der Waals surface area contributed by atoms with Crippen LogP contribution in [-0.4, -0.2) is 12.5 Å². The Morgan fingerprint density at radius 3 is 2.32 bits per heavy atom. The molecule has 5 heteroatoms. The van der Waals surface area contributed by atoms with Gasteiger partial charge in [0.1, 0.15) is 13.1 Å². The minimum atomic E-state index is -0.177. The summed E-state index contributed by atoms with van der Waals surface area (Å²) in [6.45, 7) is 3.14. The Morgan fingerprint density at radius 2 is 1.61 bits per heavy atom. The van der Waals surface area contributed by atoms with Gasteiger partial charge in [0.2, 0.25) is 0 Å². The molecule has 1 amide bonds. The number of carbonyl (C=O) groups is 1. The van der Waals surface area contributed by atoms with Crippen LogP contribution >= 0.6 is 23.2 Å². The molecule has 1 aliphatic rings. The van der Waals surface area contributed by atoms with Gasteiger partial charge in [0, 0.05) is 38.8 Å². The molecule has 3 aromatic carbocycles. The van der Waals surface area contributed by atoms with Crippen molar-refractivity contribution in [3.05, 3.63) is 99.0 Å². The largest absolute Gasteiger partial charge is 0.327 e. The van der Waals surface area contributed by atoms with Crippen molar-refractivity contribution in [2.45, 2.75) is 19.5 Å². The molecule has 3 nitrogen and oxygen atoms in total. The van der Waals surface area contributed by atoms with Crippen LogP contribution in [0.3, 0.4) is 0 Å². The van der Waals surface area contributed by atoms with E-state index in [4.69, 9.17) is 23.2 Å².